The minimum Gasteiger partial charge on any atom is -0.453 e. The smallest absolute Gasteiger partial charge is 0.449 e. The maximum Gasteiger partial charge on any atom is 0.449 e. The summed E-state index contributed by atoms with van der Waals surface area (Å²) in [5.41, 5.74) is -0.206. The number of nitrogens with one attached hydrogen (secondary N) is 1. The summed E-state index contributed by atoms with van der Waals surface area (Å²) in [7, 11) is 0. The Bertz CT molecular complexity index is 779. The van der Waals surface area contributed by atoms with Gasteiger partial charge in [-0.1, -0.05) is 12.1 Å². The van der Waals surface area contributed by atoms with Crippen molar-refractivity contribution in [2.24, 2.45) is 0 Å². The largest absolute Gasteiger partial charge is 0.453 e. The molecular formula is C14H7F4NO3. The van der Waals surface area contributed by atoms with Gasteiger partial charge in [0, 0.05) is 5.56 Å². The van der Waals surface area contributed by atoms with Crippen molar-refractivity contribution in [1.82, 2.24) is 0 Å². The molecule has 1 amide bonds. The first-order chi connectivity index (χ1) is 10.3. The van der Waals surface area contributed by atoms with E-state index in [9.17, 15) is 27.2 Å². The fourth-order valence-corrected chi connectivity index (χ4v) is 2.20. The van der Waals surface area contributed by atoms with Crippen LogP contribution < -0.4 is 5.32 Å². The van der Waals surface area contributed by atoms with Gasteiger partial charge in [0.2, 0.25) is 5.76 Å². The van der Waals surface area contributed by atoms with E-state index in [4.69, 9.17) is 0 Å². The maximum atomic E-state index is 14.5. The number of carbonyl (C=O) groups is 2. The zero-order valence-electron chi connectivity index (χ0n) is 10.7. The topological polar surface area (TPSA) is 59.3 Å². The van der Waals surface area contributed by atoms with Crippen LogP contribution in [0, 0.1) is 0 Å². The molecule has 4 nitrogen and oxygen atoms in total. The van der Waals surface area contributed by atoms with Gasteiger partial charge in [-0.2, -0.15) is 13.2 Å². The van der Waals surface area contributed by atoms with Crippen LogP contribution in [0.3, 0.4) is 0 Å². The third-order valence-corrected chi connectivity index (χ3v) is 3.22. The number of halogens is 4. The lowest BCUT2D eigenvalue weighted by atomic mass is 10.0. The Morgan fingerprint density at radius 3 is 2.45 bits per heavy atom. The second kappa shape index (κ2) is 4.69. The number of amides is 1. The van der Waals surface area contributed by atoms with E-state index in [-0.39, 0.29) is 16.8 Å². The molecule has 0 spiro atoms. The van der Waals surface area contributed by atoms with Crippen LogP contribution in [0.25, 0.3) is 0 Å². The number of anilines is 1. The molecule has 114 valence electrons. The van der Waals surface area contributed by atoms with E-state index in [1.807, 2.05) is 0 Å². The lowest BCUT2D eigenvalue weighted by Gasteiger charge is -2.10. The van der Waals surface area contributed by atoms with E-state index >= 15 is 0 Å². The second-order valence-corrected chi connectivity index (χ2v) is 4.62. The highest BCUT2D eigenvalue weighted by Gasteiger charge is 2.37. The van der Waals surface area contributed by atoms with Crippen LogP contribution in [0.1, 0.15) is 33.6 Å². The molecule has 0 saturated carbocycles. The molecule has 2 aromatic rings. The summed E-state index contributed by atoms with van der Waals surface area (Å²) in [6.45, 7) is 0. The Kier molecular flexibility index (Phi) is 3.05. The molecule has 3 rings (SSSR count). The quantitative estimate of drug-likeness (QED) is 0.682. The first kappa shape index (κ1) is 14.3. The molecule has 1 aliphatic rings. The number of carbonyl (C=O) groups excluding carboxylic acids is 2. The van der Waals surface area contributed by atoms with Crippen LogP contribution in [-0.2, 0) is 11.0 Å². The predicted octanol–water partition coefficient (Wildman–Crippen LogP) is 3.49. The molecule has 8 heteroatoms. The minimum absolute atomic E-state index is 0.0206. The molecule has 1 N–H and O–H groups in total. The number of hydrogen-bond acceptors (Lipinski definition) is 3. The lowest BCUT2D eigenvalue weighted by Crippen LogP contribution is -2.12. The first-order valence-electron chi connectivity index (χ1n) is 6.08. The standard InChI is InChI=1S/C14H7F4NO3/c15-10(8-4-5-9(22-8)14(16,17)18)6-2-1-3-7-11(6)19-13(21)12(7)20/h1-5,10H,(H,19,20,21). The number of benzene rings is 1. The molecule has 1 aliphatic heterocycles. The molecule has 1 unspecified atom stereocenters. The summed E-state index contributed by atoms with van der Waals surface area (Å²) in [5.74, 6) is -3.61. The Balaban J connectivity index is 2.01. The molecule has 0 aliphatic carbocycles. The van der Waals surface area contributed by atoms with Gasteiger partial charge in [-0.3, -0.25) is 9.59 Å². The van der Waals surface area contributed by atoms with Gasteiger partial charge in [0.1, 0.15) is 5.76 Å². The highest BCUT2D eigenvalue weighted by atomic mass is 19.4. The van der Waals surface area contributed by atoms with Crippen molar-refractivity contribution in [2.45, 2.75) is 12.3 Å². The molecule has 1 aromatic carbocycles. The van der Waals surface area contributed by atoms with Crippen molar-refractivity contribution < 1.29 is 31.6 Å². The van der Waals surface area contributed by atoms with E-state index in [1.165, 1.54) is 18.2 Å². The molecule has 22 heavy (non-hydrogen) atoms. The van der Waals surface area contributed by atoms with Gasteiger partial charge in [-0.05, 0) is 18.2 Å². The van der Waals surface area contributed by atoms with E-state index in [2.05, 4.69) is 9.73 Å². The Morgan fingerprint density at radius 1 is 1.09 bits per heavy atom. The van der Waals surface area contributed by atoms with Gasteiger partial charge < -0.3 is 9.73 Å². The van der Waals surface area contributed by atoms with Crippen molar-refractivity contribution in [3.8, 4) is 0 Å². The van der Waals surface area contributed by atoms with Crippen molar-refractivity contribution in [3.63, 3.8) is 0 Å². The maximum absolute atomic E-state index is 14.5. The number of ketones is 1. The molecule has 0 fully saturated rings. The highest BCUT2D eigenvalue weighted by Crippen LogP contribution is 2.39. The van der Waals surface area contributed by atoms with Crippen molar-refractivity contribution in [3.05, 3.63) is 53.0 Å². The van der Waals surface area contributed by atoms with Gasteiger partial charge in [-0.25, -0.2) is 4.39 Å². The number of rotatable bonds is 2. The number of furan rings is 1. The van der Waals surface area contributed by atoms with Crippen LogP contribution in [-0.4, -0.2) is 11.7 Å². The number of hydrogen-bond donors (Lipinski definition) is 1. The monoisotopic (exact) mass is 313 g/mol. The lowest BCUT2D eigenvalue weighted by molar-refractivity contribution is -0.153. The summed E-state index contributed by atoms with van der Waals surface area (Å²) in [4.78, 5) is 22.9. The normalized spacial score (nSPS) is 15.6. The SMILES string of the molecule is O=C1Nc2c(cccc2C(F)c2ccc(C(F)(F)F)o2)C1=O. The second-order valence-electron chi connectivity index (χ2n) is 4.62. The number of fused-ring (bicyclic) bond motifs is 1. The number of para-hydroxylation sites is 1. The van der Waals surface area contributed by atoms with Crippen molar-refractivity contribution >= 4 is 17.4 Å². The molecule has 0 bridgehead atoms. The van der Waals surface area contributed by atoms with Gasteiger partial charge in [-0.15, -0.1) is 0 Å². The zero-order chi connectivity index (χ0) is 16.1. The predicted molar refractivity (Wildman–Crippen MR) is 66.1 cm³/mol. The summed E-state index contributed by atoms with van der Waals surface area (Å²) in [6, 6.07) is 5.42. The van der Waals surface area contributed by atoms with Crippen LogP contribution >= 0.6 is 0 Å². The fraction of sp³-hybridized carbons (Fsp3) is 0.143. The van der Waals surface area contributed by atoms with E-state index in [0.717, 1.165) is 6.07 Å². The molecule has 1 aromatic heterocycles. The van der Waals surface area contributed by atoms with Crippen molar-refractivity contribution in [1.29, 1.82) is 0 Å². The average Bonchev–Trinajstić information content (AvgIpc) is 3.04. The van der Waals surface area contributed by atoms with E-state index in [1.54, 1.807) is 0 Å². The van der Waals surface area contributed by atoms with E-state index < -0.39 is 35.6 Å². The minimum atomic E-state index is -4.72. The fourth-order valence-electron chi connectivity index (χ4n) is 2.20. The van der Waals surface area contributed by atoms with E-state index in [0.29, 0.717) is 6.07 Å². The van der Waals surface area contributed by atoms with Crippen LogP contribution in [0.2, 0.25) is 0 Å². The molecule has 1 atom stereocenters. The number of Topliss-reactive ketones (excluding diaryl/α,β-unsaturated/α-hetero) is 1. The summed E-state index contributed by atoms with van der Waals surface area (Å²) < 4.78 is 56.3. The third-order valence-electron chi connectivity index (χ3n) is 3.22. The molecule has 2 heterocycles. The Labute approximate surface area is 120 Å². The Hall–Kier alpha value is -2.64. The van der Waals surface area contributed by atoms with Crippen LogP contribution in [0.15, 0.2) is 34.7 Å². The van der Waals surface area contributed by atoms with Gasteiger partial charge in [0.25, 0.3) is 11.7 Å². The molecular weight excluding hydrogens is 306 g/mol. The van der Waals surface area contributed by atoms with Gasteiger partial charge >= 0.3 is 6.18 Å². The number of alkyl halides is 4. The average molecular weight is 313 g/mol. The summed E-state index contributed by atoms with van der Waals surface area (Å²) in [5, 5.41) is 2.21. The first-order valence-corrected chi connectivity index (χ1v) is 6.08. The zero-order valence-corrected chi connectivity index (χ0v) is 10.7. The highest BCUT2D eigenvalue weighted by molar-refractivity contribution is 6.51. The van der Waals surface area contributed by atoms with Crippen molar-refractivity contribution in [2.75, 3.05) is 5.32 Å². The van der Waals surface area contributed by atoms with Crippen LogP contribution in [0.5, 0.6) is 0 Å². The van der Waals surface area contributed by atoms with Gasteiger partial charge in [0.05, 0.1) is 11.3 Å². The Morgan fingerprint density at radius 2 is 1.82 bits per heavy atom. The molecule has 0 radical (unpaired) electrons. The van der Waals surface area contributed by atoms with Crippen LogP contribution in [0.4, 0.5) is 23.2 Å². The third kappa shape index (κ3) is 2.16. The summed E-state index contributed by atoms with van der Waals surface area (Å²) >= 11 is 0. The molecule has 0 saturated heterocycles. The summed E-state index contributed by atoms with van der Waals surface area (Å²) in [6.07, 6.45) is -6.77. The van der Waals surface area contributed by atoms with Gasteiger partial charge in [0.15, 0.2) is 6.17 Å².